The van der Waals surface area contributed by atoms with Crippen molar-refractivity contribution < 1.29 is 9.53 Å². The highest BCUT2D eigenvalue weighted by atomic mass is 32.1. The molecule has 1 aromatic carbocycles. The third kappa shape index (κ3) is 4.29. The van der Waals surface area contributed by atoms with Gasteiger partial charge >= 0.3 is 0 Å². The van der Waals surface area contributed by atoms with Gasteiger partial charge < -0.3 is 10.1 Å². The van der Waals surface area contributed by atoms with Gasteiger partial charge in [0.1, 0.15) is 5.75 Å². The zero-order chi connectivity index (χ0) is 18.5. The average Bonchev–Trinajstić information content (AvgIpc) is 3.17. The van der Waals surface area contributed by atoms with Crippen molar-refractivity contribution in [3.05, 3.63) is 81.8 Å². The Morgan fingerprint density at radius 3 is 2.54 bits per heavy atom. The quantitative estimate of drug-likeness (QED) is 0.702. The van der Waals surface area contributed by atoms with Crippen molar-refractivity contribution in [2.75, 3.05) is 0 Å². The van der Waals surface area contributed by atoms with E-state index in [2.05, 4.69) is 17.2 Å². The van der Waals surface area contributed by atoms with Crippen molar-refractivity contribution in [1.82, 2.24) is 10.3 Å². The van der Waals surface area contributed by atoms with Crippen LogP contribution >= 0.6 is 11.3 Å². The van der Waals surface area contributed by atoms with E-state index in [9.17, 15) is 4.79 Å². The van der Waals surface area contributed by atoms with Crippen LogP contribution in [0.2, 0.25) is 0 Å². The molecule has 0 unspecified atom stereocenters. The molecule has 2 atom stereocenters. The maximum absolute atomic E-state index is 12.7. The number of nitrogens with zero attached hydrogens (tertiary/aromatic N) is 1. The third-order valence-corrected chi connectivity index (χ3v) is 5.25. The average molecular weight is 366 g/mol. The molecule has 0 saturated carbocycles. The Morgan fingerprint density at radius 2 is 1.88 bits per heavy atom. The molecule has 0 saturated heterocycles. The fourth-order valence-corrected chi connectivity index (χ4v) is 3.44. The summed E-state index contributed by atoms with van der Waals surface area (Å²) in [7, 11) is 0. The van der Waals surface area contributed by atoms with Crippen molar-refractivity contribution >= 4 is 17.2 Å². The minimum Gasteiger partial charge on any atom is -0.481 e. The number of thiophene rings is 1. The molecule has 26 heavy (non-hydrogen) atoms. The van der Waals surface area contributed by atoms with Crippen LogP contribution in [0.25, 0.3) is 0 Å². The van der Waals surface area contributed by atoms with E-state index in [-0.39, 0.29) is 11.9 Å². The molecule has 0 aliphatic heterocycles. The van der Waals surface area contributed by atoms with Crippen molar-refractivity contribution in [1.29, 1.82) is 0 Å². The first-order valence-corrected chi connectivity index (χ1v) is 9.40. The van der Waals surface area contributed by atoms with Crippen LogP contribution in [-0.4, -0.2) is 17.0 Å². The van der Waals surface area contributed by atoms with Crippen LogP contribution in [0.5, 0.6) is 5.75 Å². The van der Waals surface area contributed by atoms with Gasteiger partial charge in [-0.25, -0.2) is 0 Å². The molecule has 2 aromatic heterocycles. The van der Waals surface area contributed by atoms with Crippen LogP contribution in [0.1, 0.15) is 34.5 Å². The predicted octanol–water partition coefficient (Wildman–Crippen LogP) is 4.43. The summed E-state index contributed by atoms with van der Waals surface area (Å²) in [5.41, 5.74) is 3.34. The van der Waals surface area contributed by atoms with E-state index in [0.29, 0.717) is 5.75 Å². The number of aryl methyl sites for hydroxylation is 2. The number of hydrogen-bond acceptors (Lipinski definition) is 4. The number of rotatable bonds is 6. The lowest BCUT2D eigenvalue weighted by atomic mass is 10.1. The minimum atomic E-state index is -0.596. The van der Waals surface area contributed by atoms with Gasteiger partial charge in [-0.3, -0.25) is 9.78 Å². The maximum Gasteiger partial charge on any atom is 0.261 e. The fourth-order valence-electron chi connectivity index (χ4n) is 2.63. The van der Waals surface area contributed by atoms with Gasteiger partial charge in [0.15, 0.2) is 6.10 Å². The summed E-state index contributed by atoms with van der Waals surface area (Å²) in [5.74, 6) is 0.547. The summed E-state index contributed by atoms with van der Waals surface area (Å²) in [6.07, 6.45) is 2.87. The van der Waals surface area contributed by atoms with Crippen molar-refractivity contribution in [2.24, 2.45) is 0 Å². The number of benzene rings is 1. The molecule has 0 aliphatic rings. The van der Waals surface area contributed by atoms with Crippen molar-refractivity contribution in [3.63, 3.8) is 0 Å². The van der Waals surface area contributed by atoms with Gasteiger partial charge in [-0.2, -0.15) is 0 Å². The summed E-state index contributed by atoms with van der Waals surface area (Å²) in [4.78, 5) is 17.9. The van der Waals surface area contributed by atoms with Crippen LogP contribution in [0, 0.1) is 13.8 Å². The summed E-state index contributed by atoms with van der Waals surface area (Å²) in [6, 6.07) is 13.5. The van der Waals surface area contributed by atoms with E-state index in [1.165, 1.54) is 5.56 Å². The molecular formula is C21H22N2O2S. The number of hydrogen-bond donors (Lipinski definition) is 1. The highest BCUT2D eigenvalue weighted by Crippen LogP contribution is 2.26. The van der Waals surface area contributed by atoms with Crippen molar-refractivity contribution in [3.8, 4) is 5.75 Å². The number of carbonyl (C=O) groups excluding carboxylic acids is 1. The molecule has 0 bridgehead atoms. The number of amides is 1. The molecule has 2 heterocycles. The lowest BCUT2D eigenvalue weighted by Gasteiger charge is -2.21. The van der Waals surface area contributed by atoms with E-state index >= 15 is 0 Å². The summed E-state index contributed by atoms with van der Waals surface area (Å²) in [6.45, 7) is 5.85. The Kier molecular flexibility index (Phi) is 5.68. The number of ether oxygens (including phenoxy) is 1. The first-order chi connectivity index (χ1) is 12.5. The molecule has 3 aromatic rings. The van der Waals surface area contributed by atoms with Crippen LogP contribution in [0.3, 0.4) is 0 Å². The van der Waals surface area contributed by atoms with Crippen molar-refractivity contribution in [2.45, 2.75) is 32.9 Å². The Balaban J connectivity index is 1.74. The Hall–Kier alpha value is -2.66. The first-order valence-electron chi connectivity index (χ1n) is 8.52. The molecule has 1 N–H and O–H groups in total. The van der Waals surface area contributed by atoms with Gasteiger partial charge in [0.25, 0.3) is 5.91 Å². The first kappa shape index (κ1) is 18.1. The molecule has 5 heteroatoms. The maximum atomic E-state index is 12.7. The largest absolute Gasteiger partial charge is 0.481 e. The van der Waals surface area contributed by atoms with E-state index in [0.717, 1.165) is 16.0 Å². The number of pyridine rings is 1. The molecule has 1 amide bonds. The second-order valence-corrected chi connectivity index (χ2v) is 7.22. The number of carbonyl (C=O) groups is 1. The van der Waals surface area contributed by atoms with Gasteiger partial charge in [-0.05, 0) is 73.2 Å². The van der Waals surface area contributed by atoms with Gasteiger partial charge in [0.05, 0.1) is 6.04 Å². The van der Waals surface area contributed by atoms with Gasteiger partial charge in [0.2, 0.25) is 0 Å². The smallest absolute Gasteiger partial charge is 0.261 e. The molecule has 0 radical (unpaired) electrons. The Labute approximate surface area is 157 Å². The zero-order valence-corrected chi connectivity index (χ0v) is 15.9. The SMILES string of the molecule is Cc1ccc(O[C@H](C)C(=O)N[C@@H](c2ccncc2)c2cccs2)cc1C. The number of nitrogens with one attached hydrogen (secondary N) is 1. The second-order valence-electron chi connectivity index (χ2n) is 6.24. The standard InChI is InChI=1S/C21H22N2O2S/c1-14-6-7-18(13-15(14)2)25-16(3)21(24)23-20(19-5-4-12-26-19)17-8-10-22-11-9-17/h4-13,16,20H,1-3H3,(H,23,24)/t16-,20+/m1/s1. The van der Waals surface area contributed by atoms with Crippen LogP contribution in [0.4, 0.5) is 0 Å². The van der Waals surface area contributed by atoms with E-state index in [4.69, 9.17) is 4.74 Å². The topological polar surface area (TPSA) is 51.2 Å². The number of aromatic nitrogens is 1. The normalized spacial score (nSPS) is 13.0. The second kappa shape index (κ2) is 8.15. The molecule has 0 aliphatic carbocycles. The predicted molar refractivity (Wildman–Crippen MR) is 105 cm³/mol. The lowest BCUT2D eigenvalue weighted by Crippen LogP contribution is -2.38. The highest BCUT2D eigenvalue weighted by molar-refractivity contribution is 7.10. The summed E-state index contributed by atoms with van der Waals surface area (Å²) < 4.78 is 5.85. The molecule has 4 nitrogen and oxygen atoms in total. The molecule has 134 valence electrons. The Morgan fingerprint density at radius 1 is 1.12 bits per heavy atom. The van der Waals surface area contributed by atoms with Gasteiger partial charge in [0, 0.05) is 17.3 Å². The molecule has 3 rings (SSSR count). The monoisotopic (exact) mass is 366 g/mol. The van der Waals surface area contributed by atoms with Crippen LogP contribution < -0.4 is 10.1 Å². The van der Waals surface area contributed by atoms with E-state index in [1.54, 1.807) is 30.7 Å². The lowest BCUT2D eigenvalue weighted by molar-refractivity contribution is -0.127. The molecule has 0 spiro atoms. The molecular weight excluding hydrogens is 344 g/mol. The summed E-state index contributed by atoms with van der Waals surface area (Å²) >= 11 is 1.61. The van der Waals surface area contributed by atoms with Gasteiger partial charge in [-0.1, -0.05) is 12.1 Å². The van der Waals surface area contributed by atoms with Gasteiger partial charge in [-0.15, -0.1) is 11.3 Å². The van der Waals surface area contributed by atoms with Crippen LogP contribution in [0.15, 0.2) is 60.2 Å². The fraction of sp³-hybridized carbons (Fsp3) is 0.238. The third-order valence-electron chi connectivity index (χ3n) is 4.31. The van der Waals surface area contributed by atoms with Crippen LogP contribution in [-0.2, 0) is 4.79 Å². The zero-order valence-electron chi connectivity index (χ0n) is 15.1. The van der Waals surface area contributed by atoms with E-state index in [1.807, 2.05) is 54.8 Å². The molecule has 0 fully saturated rings. The highest BCUT2D eigenvalue weighted by Gasteiger charge is 2.22. The minimum absolute atomic E-state index is 0.154. The van der Waals surface area contributed by atoms with E-state index < -0.39 is 6.10 Å². The summed E-state index contributed by atoms with van der Waals surface area (Å²) in [5, 5.41) is 5.11. The Bertz CT molecular complexity index is 863.